The Bertz CT molecular complexity index is 236. The van der Waals surface area contributed by atoms with Crippen LogP contribution >= 0.6 is 0 Å². The maximum atomic E-state index is 12.7. The Morgan fingerprint density at radius 2 is 1.00 bits per heavy atom. The van der Waals surface area contributed by atoms with Gasteiger partial charge in [-0.2, -0.15) is 35.1 Å². The summed E-state index contributed by atoms with van der Waals surface area (Å²) in [6.45, 7) is 0. The summed E-state index contributed by atoms with van der Waals surface area (Å²) < 4.78 is 96.3. The lowest BCUT2D eigenvalue weighted by atomic mass is 10.1. The summed E-state index contributed by atoms with van der Waals surface area (Å²) in [6, 6.07) is 0. The van der Waals surface area contributed by atoms with Crippen LogP contribution in [0.5, 0.6) is 0 Å². The van der Waals surface area contributed by atoms with E-state index in [1.54, 1.807) is 0 Å². The van der Waals surface area contributed by atoms with E-state index < -0.39 is 24.1 Å². The maximum Gasteiger partial charge on any atom is 0.456 e. The fourth-order valence-electron chi connectivity index (χ4n) is 0.747. The molecule has 0 spiro atoms. The molecule has 0 radical (unpaired) electrons. The Kier molecular flexibility index (Phi) is 2.41. The molecule has 0 saturated carbocycles. The Morgan fingerprint density at radius 3 is 1.20 bits per heavy atom. The normalized spacial score (nSPS) is 38.4. The largest absolute Gasteiger partial charge is 0.456 e. The molecule has 0 aromatic carbocycles. The van der Waals surface area contributed by atoms with E-state index >= 15 is 0 Å². The Morgan fingerprint density at radius 1 is 0.733 bits per heavy atom. The van der Waals surface area contributed by atoms with E-state index in [0.717, 1.165) is 0 Å². The van der Waals surface area contributed by atoms with Gasteiger partial charge in [0.1, 0.15) is 0 Å². The van der Waals surface area contributed by atoms with Crippen molar-refractivity contribution in [3.8, 4) is 0 Å². The molecule has 11 heteroatoms. The van der Waals surface area contributed by atoms with Gasteiger partial charge >= 0.3 is 24.1 Å². The summed E-state index contributed by atoms with van der Waals surface area (Å²) in [5.41, 5.74) is 0.427. The first kappa shape index (κ1) is 12.4. The van der Waals surface area contributed by atoms with Crippen LogP contribution in [-0.4, -0.2) is 24.1 Å². The van der Waals surface area contributed by atoms with E-state index in [4.69, 9.17) is 0 Å². The molecule has 0 aromatic rings. The maximum absolute atomic E-state index is 12.7. The SMILES string of the molecule is FC(F)(F)C1(F)ONOC1(F)C(F)(F)F. The second-order valence-electron chi connectivity index (χ2n) is 2.47. The number of rotatable bonds is 0. The van der Waals surface area contributed by atoms with Crippen LogP contribution in [0.4, 0.5) is 35.1 Å². The first-order valence-electron chi connectivity index (χ1n) is 3.08. The Labute approximate surface area is 75.8 Å². The van der Waals surface area contributed by atoms with Crippen molar-refractivity contribution in [2.24, 2.45) is 0 Å². The van der Waals surface area contributed by atoms with Crippen LogP contribution in [0.15, 0.2) is 0 Å². The number of hydrogen-bond acceptors (Lipinski definition) is 3. The molecule has 15 heavy (non-hydrogen) atoms. The van der Waals surface area contributed by atoms with Gasteiger partial charge < -0.3 is 0 Å². The van der Waals surface area contributed by atoms with Crippen LogP contribution in [0.1, 0.15) is 0 Å². The summed E-state index contributed by atoms with van der Waals surface area (Å²) in [5.74, 6) is -11.3. The summed E-state index contributed by atoms with van der Waals surface area (Å²) >= 11 is 0. The zero-order valence-electron chi connectivity index (χ0n) is 6.34. The third-order valence-electron chi connectivity index (χ3n) is 1.51. The van der Waals surface area contributed by atoms with Crippen molar-refractivity contribution in [3.05, 3.63) is 0 Å². The zero-order valence-corrected chi connectivity index (χ0v) is 6.34. The predicted molar refractivity (Wildman–Crippen MR) is 25.1 cm³/mol. The molecule has 1 saturated heterocycles. The monoisotopic (exact) mass is 247 g/mol. The van der Waals surface area contributed by atoms with Crippen LogP contribution in [0.2, 0.25) is 0 Å². The molecule has 0 bridgehead atoms. The fraction of sp³-hybridized carbons (Fsp3) is 1.00. The molecule has 90 valence electrons. The van der Waals surface area contributed by atoms with E-state index in [2.05, 4.69) is 9.68 Å². The molecule has 2 unspecified atom stereocenters. The van der Waals surface area contributed by atoms with Gasteiger partial charge in [0.25, 0.3) is 0 Å². The topological polar surface area (TPSA) is 30.5 Å². The number of nitrogens with one attached hydrogen (secondary N) is 1. The quantitative estimate of drug-likeness (QED) is 0.663. The van der Waals surface area contributed by atoms with E-state index in [9.17, 15) is 35.1 Å². The molecule has 1 N–H and O–H groups in total. The van der Waals surface area contributed by atoms with Gasteiger partial charge in [-0.15, -0.1) is 0 Å². The molecule has 0 aliphatic carbocycles. The smallest absolute Gasteiger partial charge is 0.221 e. The first-order valence-corrected chi connectivity index (χ1v) is 3.08. The Balaban J connectivity index is 3.21. The minimum atomic E-state index is -6.26. The van der Waals surface area contributed by atoms with Gasteiger partial charge in [-0.05, 0) is 0 Å². The highest BCUT2D eigenvalue weighted by molar-refractivity contribution is 4.99. The van der Waals surface area contributed by atoms with Crippen molar-refractivity contribution in [1.29, 1.82) is 0 Å². The number of hydrogen-bond donors (Lipinski definition) is 1. The molecular weight excluding hydrogens is 246 g/mol. The molecule has 3 nitrogen and oxygen atoms in total. The average molecular weight is 247 g/mol. The molecule has 2 atom stereocenters. The van der Waals surface area contributed by atoms with Gasteiger partial charge in [0.15, 0.2) is 0 Å². The molecule has 0 aromatic heterocycles. The standard InChI is InChI=1S/C4HF8NO2/c5-1(3(7,8)9)2(6,4(10,11)12)15-13-14-1/h13H. The van der Waals surface area contributed by atoms with Crippen molar-refractivity contribution in [2.45, 2.75) is 24.1 Å². The van der Waals surface area contributed by atoms with Crippen LogP contribution in [-0.2, 0) is 9.68 Å². The highest BCUT2D eigenvalue weighted by Crippen LogP contribution is 2.54. The Hall–Kier alpha value is -0.680. The number of halogens is 8. The van der Waals surface area contributed by atoms with E-state index in [-0.39, 0.29) is 0 Å². The summed E-state index contributed by atoms with van der Waals surface area (Å²) in [6.07, 6.45) is -12.5. The van der Waals surface area contributed by atoms with Crippen molar-refractivity contribution in [3.63, 3.8) is 0 Å². The third kappa shape index (κ3) is 1.45. The van der Waals surface area contributed by atoms with Gasteiger partial charge in [-0.3, -0.25) is 0 Å². The molecule has 1 fully saturated rings. The molecule has 1 heterocycles. The summed E-state index contributed by atoms with van der Waals surface area (Å²) in [5, 5.41) is 0. The lowest BCUT2D eigenvalue weighted by Crippen LogP contribution is -2.62. The molecule has 1 rings (SSSR count). The number of alkyl halides is 8. The average Bonchev–Trinajstić information content (AvgIpc) is 2.27. The van der Waals surface area contributed by atoms with E-state index in [1.807, 2.05) is 0 Å². The van der Waals surface area contributed by atoms with Crippen LogP contribution in [0, 0.1) is 0 Å². The lowest BCUT2D eigenvalue weighted by molar-refractivity contribution is -0.422. The predicted octanol–water partition coefficient (Wildman–Crippen LogP) is 1.91. The zero-order chi connectivity index (χ0) is 12.1. The van der Waals surface area contributed by atoms with Crippen LogP contribution in [0.3, 0.4) is 0 Å². The molecular formula is C4HF8NO2. The first-order chi connectivity index (χ1) is 6.46. The molecule has 0 amide bonds. The van der Waals surface area contributed by atoms with Gasteiger partial charge in [0.05, 0.1) is 0 Å². The van der Waals surface area contributed by atoms with E-state index in [1.165, 1.54) is 0 Å². The van der Waals surface area contributed by atoms with Crippen LogP contribution < -0.4 is 5.64 Å². The minimum absolute atomic E-state index is 0.427. The second-order valence-corrected chi connectivity index (χ2v) is 2.47. The molecule has 1 aliphatic rings. The van der Waals surface area contributed by atoms with Gasteiger partial charge in [0.2, 0.25) is 0 Å². The summed E-state index contributed by atoms with van der Waals surface area (Å²) in [4.78, 5) is 5.58. The van der Waals surface area contributed by atoms with Gasteiger partial charge in [-0.25, -0.2) is 9.68 Å². The van der Waals surface area contributed by atoms with Gasteiger partial charge in [-0.1, -0.05) is 5.64 Å². The fourth-order valence-corrected chi connectivity index (χ4v) is 0.747. The lowest BCUT2D eigenvalue weighted by Gasteiger charge is -2.30. The highest BCUT2D eigenvalue weighted by Gasteiger charge is 2.86. The van der Waals surface area contributed by atoms with Gasteiger partial charge in [0, 0.05) is 0 Å². The highest BCUT2D eigenvalue weighted by atomic mass is 19.4. The van der Waals surface area contributed by atoms with Crippen LogP contribution in [0.25, 0.3) is 0 Å². The van der Waals surface area contributed by atoms with E-state index in [0.29, 0.717) is 5.64 Å². The minimum Gasteiger partial charge on any atom is -0.221 e. The van der Waals surface area contributed by atoms with Crippen molar-refractivity contribution < 1.29 is 44.8 Å². The van der Waals surface area contributed by atoms with Crippen molar-refractivity contribution in [2.75, 3.05) is 0 Å². The third-order valence-corrected chi connectivity index (χ3v) is 1.51. The molecule has 1 aliphatic heterocycles. The van der Waals surface area contributed by atoms with Crippen molar-refractivity contribution in [1.82, 2.24) is 5.64 Å². The second kappa shape index (κ2) is 2.92. The summed E-state index contributed by atoms with van der Waals surface area (Å²) in [7, 11) is 0. The van der Waals surface area contributed by atoms with Crippen molar-refractivity contribution >= 4 is 0 Å².